The van der Waals surface area contributed by atoms with Crippen LogP contribution in [0.5, 0.6) is 0 Å². The van der Waals surface area contributed by atoms with E-state index in [1.54, 1.807) is 18.2 Å². The number of hydrogen-bond acceptors (Lipinski definition) is 5. The van der Waals surface area contributed by atoms with Crippen molar-refractivity contribution in [3.05, 3.63) is 68.2 Å². The zero-order valence-electron chi connectivity index (χ0n) is 18.9. The van der Waals surface area contributed by atoms with Crippen LogP contribution in [0.4, 0.5) is 5.69 Å². The third kappa shape index (κ3) is 4.13. The standard InChI is InChI=1S/C24H27N3O5S/c1-15-8-7-9-16(12-15)22(28)25-18-13-19-20(27(3)24(30)23(29)26(19)2)14-21(18)33(31,32)17-10-5-4-6-11-17/h7-9,12-14,17H,4-6,10-11H2,1-3H3,(H,25,28). The molecule has 2 aromatic carbocycles. The molecule has 0 saturated heterocycles. The highest BCUT2D eigenvalue weighted by atomic mass is 32.2. The van der Waals surface area contributed by atoms with Crippen LogP contribution >= 0.6 is 0 Å². The molecule has 33 heavy (non-hydrogen) atoms. The lowest BCUT2D eigenvalue weighted by molar-refractivity contribution is 0.102. The van der Waals surface area contributed by atoms with E-state index in [2.05, 4.69) is 5.32 Å². The minimum atomic E-state index is -3.79. The molecule has 174 valence electrons. The molecule has 3 aromatic rings. The first-order valence-electron chi connectivity index (χ1n) is 11.0. The van der Waals surface area contributed by atoms with E-state index in [4.69, 9.17) is 0 Å². The largest absolute Gasteiger partial charge is 0.321 e. The Labute approximate surface area is 191 Å². The summed E-state index contributed by atoms with van der Waals surface area (Å²) >= 11 is 0. The maximum atomic E-state index is 13.7. The molecule has 0 aliphatic heterocycles. The van der Waals surface area contributed by atoms with Crippen molar-refractivity contribution < 1.29 is 13.2 Å². The number of rotatable bonds is 4. The van der Waals surface area contributed by atoms with Crippen LogP contribution in [0.3, 0.4) is 0 Å². The summed E-state index contributed by atoms with van der Waals surface area (Å²) in [4.78, 5) is 37.7. The number of amides is 1. The molecule has 0 spiro atoms. The Kier molecular flexibility index (Phi) is 6.00. The van der Waals surface area contributed by atoms with Crippen LogP contribution in [-0.2, 0) is 23.9 Å². The maximum absolute atomic E-state index is 13.7. The van der Waals surface area contributed by atoms with E-state index in [9.17, 15) is 22.8 Å². The van der Waals surface area contributed by atoms with Gasteiger partial charge in [-0.2, -0.15) is 0 Å². The molecule has 0 unspecified atom stereocenters. The van der Waals surface area contributed by atoms with Crippen molar-refractivity contribution in [2.45, 2.75) is 49.2 Å². The molecular weight excluding hydrogens is 442 g/mol. The number of hydrogen-bond donors (Lipinski definition) is 1. The minimum Gasteiger partial charge on any atom is -0.321 e. The Balaban J connectivity index is 1.94. The van der Waals surface area contributed by atoms with Gasteiger partial charge in [-0.05, 0) is 44.0 Å². The van der Waals surface area contributed by atoms with E-state index in [-0.39, 0.29) is 10.6 Å². The highest BCUT2D eigenvalue weighted by Gasteiger charge is 2.32. The number of carbonyl (C=O) groups excluding carboxylic acids is 1. The average Bonchev–Trinajstić information content (AvgIpc) is 2.81. The number of fused-ring (bicyclic) bond motifs is 1. The minimum absolute atomic E-state index is 0.0310. The van der Waals surface area contributed by atoms with Crippen molar-refractivity contribution in [2.75, 3.05) is 5.32 Å². The number of aryl methyl sites for hydroxylation is 3. The molecule has 0 radical (unpaired) electrons. The SMILES string of the molecule is Cc1cccc(C(=O)Nc2cc3c(cc2S(=O)(=O)C2CCCCC2)n(C)c(=O)c(=O)n3C)c1. The Hall–Kier alpha value is -3.20. The molecule has 1 saturated carbocycles. The summed E-state index contributed by atoms with van der Waals surface area (Å²) in [6.07, 6.45) is 3.76. The summed E-state index contributed by atoms with van der Waals surface area (Å²) in [6, 6.07) is 9.86. The highest BCUT2D eigenvalue weighted by Crippen LogP contribution is 2.34. The predicted octanol–water partition coefficient (Wildman–Crippen LogP) is 2.90. The molecule has 1 aromatic heterocycles. The molecular formula is C24H27N3O5S. The monoisotopic (exact) mass is 469 g/mol. The second-order valence-corrected chi connectivity index (χ2v) is 10.9. The number of anilines is 1. The average molecular weight is 470 g/mol. The third-order valence-corrected chi connectivity index (χ3v) is 8.72. The van der Waals surface area contributed by atoms with Crippen molar-refractivity contribution >= 4 is 32.5 Å². The molecule has 1 N–H and O–H groups in total. The van der Waals surface area contributed by atoms with Crippen LogP contribution in [-0.4, -0.2) is 28.7 Å². The number of benzene rings is 2. The topological polar surface area (TPSA) is 107 Å². The zero-order chi connectivity index (χ0) is 23.9. The van der Waals surface area contributed by atoms with Gasteiger partial charge < -0.3 is 14.5 Å². The van der Waals surface area contributed by atoms with Gasteiger partial charge in [0.05, 0.1) is 26.9 Å². The van der Waals surface area contributed by atoms with E-state index in [1.165, 1.54) is 30.8 Å². The van der Waals surface area contributed by atoms with Crippen molar-refractivity contribution in [2.24, 2.45) is 14.1 Å². The van der Waals surface area contributed by atoms with Gasteiger partial charge in [0.1, 0.15) is 0 Å². The first-order valence-corrected chi connectivity index (χ1v) is 12.5. The van der Waals surface area contributed by atoms with Crippen LogP contribution in [0.25, 0.3) is 11.0 Å². The van der Waals surface area contributed by atoms with Crippen LogP contribution < -0.4 is 16.4 Å². The fourth-order valence-corrected chi connectivity index (χ4v) is 6.47. The second-order valence-electron chi connectivity index (χ2n) is 8.69. The maximum Gasteiger partial charge on any atom is 0.316 e. The number of carbonyl (C=O) groups is 1. The van der Waals surface area contributed by atoms with Gasteiger partial charge in [-0.15, -0.1) is 0 Å². The quantitative estimate of drug-likeness (QED) is 0.591. The Morgan fingerprint density at radius 3 is 2.15 bits per heavy atom. The van der Waals surface area contributed by atoms with Crippen molar-refractivity contribution in [3.63, 3.8) is 0 Å². The van der Waals surface area contributed by atoms with Crippen LogP contribution in [0.2, 0.25) is 0 Å². The molecule has 1 aliphatic rings. The van der Waals surface area contributed by atoms with E-state index < -0.39 is 32.1 Å². The highest BCUT2D eigenvalue weighted by molar-refractivity contribution is 7.92. The summed E-state index contributed by atoms with van der Waals surface area (Å²) in [5, 5.41) is 2.20. The number of nitrogens with zero attached hydrogens (tertiary/aromatic N) is 2. The van der Waals surface area contributed by atoms with E-state index in [0.29, 0.717) is 29.4 Å². The van der Waals surface area contributed by atoms with Gasteiger partial charge in [0.15, 0.2) is 9.84 Å². The lowest BCUT2D eigenvalue weighted by Gasteiger charge is -2.24. The van der Waals surface area contributed by atoms with Gasteiger partial charge in [-0.25, -0.2) is 8.42 Å². The van der Waals surface area contributed by atoms with Gasteiger partial charge in [-0.3, -0.25) is 14.4 Å². The smallest absolute Gasteiger partial charge is 0.316 e. The first-order chi connectivity index (χ1) is 15.6. The van der Waals surface area contributed by atoms with Gasteiger partial charge >= 0.3 is 11.1 Å². The summed E-state index contributed by atoms with van der Waals surface area (Å²) < 4.78 is 29.7. The third-order valence-electron chi connectivity index (χ3n) is 6.42. The summed E-state index contributed by atoms with van der Waals surface area (Å²) in [6.45, 7) is 1.86. The number of aromatic nitrogens is 2. The molecule has 0 bridgehead atoms. The first kappa shape index (κ1) is 23.0. The molecule has 0 atom stereocenters. The van der Waals surface area contributed by atoms with Crippen molar-refractivity contribution in [1.29, 1.82) is 0 Å². The summed E-state index contributed by atoms with van der Waals surface area (Å²) in [7, 11) is -0.900. The van der Waals surface area contributed by atoms with Gasteiger partial charge in [0.2, 0.25) is 0 Å². The van der Waals surface area contributed by atoms with Gasteiger partial charge in [0.25, 0.3) is 5.91 Å². The van der Waals surface area contributed by atoms with E-state index >= 15 is 0 Å². The fourth-order valence-electron chi connectivity index (χ4n) is 4.47. The summed E-state index contributed by atoms with van der Waals surface area (Å²) in [5.41, 5.74) is 0.577. The lowest BCUT2D eigenvalue weighted by atomic mass is 10.0. The van der Waals surface area contributed by atoms with Crippen LogP contribution in [0.15, 0.2) is 50.9 Å². The molecule has 1 fully saturated rings. The fraction of sp³-hybridized carbons (Fsp3) is 0.375. The molecule has 1 amide bonds. The molecule has 1 aliphatic carbocycles. The molecule has 1 heterocycles. The predicted molar refractivity (Wildman–Crippen MR) is 128 cm³/mol. The Morgan fingerprint density at radius 1 is 0.939 bits per heavy atom. The normalized spacial score (nSPS) is 15.0. The van der Waals surface area contributed by atoms with E-state index in [1.807, 2.05) is 13.0 Å². The van der Waals surface area contributed by atoms with Crippen LogP contribution in [0, 0.1) is 6.92 Å². The van der Waals surface area contributed by atoms with Crippen LogP contribution in [0.1, 0.15) is 48.0 Å². The Morgan fingerprint density at radius 2 is 1.55 bits per heavy atom. The van der Waals surface area contributed by atoms with Gasteiger partial charge in [0, 0.05) is 19.7 Å². The summed E-state index contributed by atoms with van der Waals surface area (Å²) in [5.74, 6) is -0.451. The number of sulfone groups is 1. The molecule has 9 heteroatoms. The lowest BCUT2D eigenvalue weighted by Crippen LogP contribution is -2.39. The van der Waals surface area contributed by atoms with Gasteiger partial charge in [-0.1, -0.05) is 37.0 Å². The van der Waals surface area contributed by atoms with Crippen molar-refractivity contribution in [3.8, 4) is 0 Å². The van der Waals surface area contributed by atoms with Crippen molar-refractivity contribution in [1.82, 2.24) is 9.13 Å². The molecule has 4 rings (SSSR count). The zero-order valence-corrected chi connectivity index (χ0v) is 19.7. The molecule has 8 nitrogen and oxygen atoms in total. The number of nitrogens with one attached hydrogen (secondary N) is 1. The Bertz CT molecular complexity index is 1480. The van der Waals surface area contributed by atoms with E-state index in [0.717, 1.165) is 29.4 Å². The second kappa shape index (κ2) is 8.62.